The van der Waals surface area contributed by atoms with Gasteiger partial charge in [-0.1, -0.05) is 6.92 Å². The van der Waals surface area contributed by atoms with Gasteiger partial charge in [-0.2, -0.15) is 0 Å². The molecule has 0 amide bonds. The lowest BCUT2D eigenvalue weighted by molar-refractivity contribution is 0.208. The smallest absolute Gasteiger partial charge is 0.242 e. The minimum Gasteiger partial charge on any atom is -0.384 e. The minimum atomic E-state index is -3.49. The molecule has 0 aliphatic carbocycles. The summed E-state index contributed by atoms with van der Waals surface area (Å²) < 4.78 is 27.2. The minimum absolute atomic E-state index is 0.00524. The third kappa shape index (κ3) is 3.91. The molecule has 1 aromatic heterocycles. The summed E-state index contributed by atoms with van der Waals surface area (Å²) in [7, 11) is -3.49. The predicted molar refractivity (Wildman–Crippen MR) is 78.7 cm³/mol. The van der Waals surface area contributed by atoms with Crippen molar-refractivity contribution in [2.75, 3.05) is 25.4 Å². The lowest BCUT2D eigenvalue weighted by Gasteiger charge is -2.31. The summed E-state index contributed by atoms with van der Waals surface area (Å²) in [6.45, 7) is 5.13. The molecule has 0 unspecified atom stereocenters. The lowest BCUT2D eigenvalue weighted by Crippen LogP contribution is -2.44. The standard InChI is InChI=1S/C13H22N4O2S/c1-2-7-17-8-5-11(6-9-17)16-20(18,19)12-3-4-13(14)15-10-12/h3-4,10-11,16H,2,5-9H2,1H3,(H2,14,15). The van der Waals surface area contributed by atoms with Gasteiger partial charge >= 0.3 is 0 Å². The number of nitrogens with one attached hydrogen (secondary N) is 1. The first-order valence-electron chi connectivity index (χ1n) is 6.97. The van der Waals surface area contributed by atoms with Crippen molar-refractivity contribution >= 4 is 15.8 Å². The molecule has 7 heteroatoms. The summed E-state index contributed by atoms with van der Waals surface area (Å²) in [5, 5.41) is 0. The van der Waals surface area contributed by atoms with E-state index in [9.17, 15) is 8.42 Å². The van der Waals surface area contributed by atoms with Crippen molar-refractivity contribution in [3.8, 4) is 0 Å². The summed E-state index contributed by atoms with van der Waals surface area (Å²) in [6.07, 6.45) is 4.13. The number of likely N-dealkylation sites (tertiary alicyclic amines) is 1. The number of aromatic nitrogens is 1. The van der Waals surface area contributed by atoms with Crippen LogP contribution in [-0.2, 0) is 10.0 Å². The highest BCUT2D eigenvalue weighted by Crippen LogP contribution is 2.15. The average molecular weight is 298 g/mol. The molecule has 2 heterocycles. The van der Waals surface area contributed by atoms with Crippen molar-refractivity contribution in [3.63, 3.8) is 0 Å². The van der Waals surface area contributed by atoms with Gasteiger partial charge in [0.15, 0.2) is 0 Å². The van der Waals surface area contributed by atoms with Gasteiger partial charge in [0, 0.05) is 12.2 Å². The second kappa shape index (κ2) is 6.51. The highest BCUT2D eigenvalue weighted by Gasteiger charge is 2.24. The molecule has 1 aromatic rings. The number of nitrogens with zero attached hydrogens (tertiary/aromatic N) is 2. The first-order valence-corrected chi connectivity index (χ1v) is 8.46. The molecule has 3 N–H and O–H groups in total. The number of sulfonamides is 1. The number of hydrogen-bond donors (Lipinski definition) is 2. The topological polar surface area (TPSA) is 88.3 Å². The first-order chi connectivity index (χ1) is 9.51. The molecule has 0 spiro atoms. The molecule has 0 radical (unpaired) electrons. The molecule has 1 saturated heterocycles. The zero-order chi connectivity index (χ0) is 14.6. The number of pyridine rings is 1. The molecule has 1 aliphatic heterocycles. The van der Waals surface area contributed by atoms with Gasteiger partial charge in [-0.05, 0) is 51.0 Å². The van der Waals surface area contributed by atoms with E-state index in [0.29, 0.717) is 5.82 Å². The molecule has 1 aliphatic rings. The Morgan fingerprint density at radius 2 is 2.10 bits per heavy atom. The largest absolute Gasteiger partial charge is 0.384 e. The first kappa shape index (κ1) is 15.2. The third-order valence-electron chi connectivity index (χ3n) is 3.52. The average Bonchev–Trinajstić information content (AvgIpc) is 2.41. The van der Waals surface area contributed by atoms with E-state index in [1.54, 1.807) is 0 Å². The van der Waals surface area contributed by atoms with Crippen molar-refractivity contribution in [2.45, 2.75) is 37.1 Å². The van der Waals surface area contributed by atoms with Crippen LogP contribution in [0.3, 0.4) is 0 Å². The summed E-state index contributed by atoms with van der Waals surface area (Å²) in [5.41, 5.74) is 5.47. The van der Waals surface area contributed by atoms with Crippen LogP contribution >= 0.6 is 0 Å². The zero-order valence-corrected chi connectivity index (χ0v) is 12.6. The summed E-state index contributed by atoms with van der Waals surface area (Å²) in [5.74, 6) is 0.317. The van der Waals surface area contributed by atoms with Crippen LogP contribution in [0, 0.1) is 0 Å². The summed E-state index contributed by atoms with van der Waals surface area (Å²) in [4.78, 5) is 6.37. The highest BCUT2D eigenvalue weighted by atomic mass is 32.2. The van der Waals surface area contributed by atoms with Crippen molar-refractivity contribution < 1.29 is 8.42 Å². The Labute approximate surface area is 120 Å². The lowest BCUT2D eigenvalue weighted by atomic mass is 10.1. The fourth-order valence-electron chi connectivity index (χ4n) is 2.43. The van der Waals surface area contributed by atoms with Gasteiger partial charge in [0.2, 0.25) is 10.0 Å². The molecule has 1 fully saturated rings. The third-order valence-corrected chi connectivity index (χ3v) is 5.02. The Kier molecular flexibility index (Phi) is 4.95. The quantitative estimate of drug-likeness (QED) is 0.840. The van der Waals surface area contributed by atoms with Crippen LogP contribution in [0.5, 0.6) is 0 Å². The Balaban J connectivity index is 1.94. The van der Waals surface area contributed by atoms with Gasteiger partial charge in [0.1, 0.15) is 10.7 Å². The van der Waals surface area contributed by atoms with Gasteiger partial charge in [-0.25, -0.2) is 18.1 Å². The fraction of sp³-hybridized carbons (Fsp3) is 0.615. The molecular weight excluding hydrogens is 276 g/mol. The Hall–Kier alpha value is -1.18. The zero-order valence-electron chi connectivity index (χ0n) is 11.7. The summed E-state index contributed by atoms with van der Waals surface area (Å²) in [6, 6.07) is 2.99. The number of anilines is 1. The van der Waals surface area contributed by atoms with Gasteiger partial charge in [0.05, 0.1) is 0 Å². The molecular formula is C13H22N4O2S. The van der Waals surface area contributed by atoms with E-state index in [0.717, 1.165) is 38.9 Å². The van der Waals surface area contributed by atoms with Gasteiger partial charge < -0.3 is 10.6 Å². The number of rotatable bonds is 5. The van der Waals surface area contributed by atoms with Crippen LogP contribution in [-0.4, -0.2) is 44.0 Å². The maximum Gasteiger partial charge on any atom is 0.242 e. The second-order valence-corrected chi connectivity index (χ2v) is 6.87. The van der Waals surface area contributed by atoms with E-state index < -0.39 is 10.0 Å². The maximum atomic E-state index is 12.2. The predicted octanol–water partition coefficient (Wildman–Crippen LogP) is 0.817. The molecule has 0 bridgehead atoms. The van der Waals surface area contributed by atoms with E-state index >= 15 is 0 Å². The van der Waals surface area contributed by atoms with Crippen molar-refractivity contribution in [3.05, 3.63) is 18.3 Å². The van der Waals surface area contributed by atoms with E-state index in [2.05, 4.69) is 21.5 Å². The molecule has 0 aromatic carbocycles. The van der Waals surface area contributed by atoms with Crippen molar-refractivity contribution in [1.29, 1.82) is 0 Å². The van der Waals surface area contributed by atoms with Crippen LogP contribution in [0.25, 0.3) is 0 Å². The number of hydrogen-bond acceptors (Lipinski definition) is 5. The second-order valence-electron chi connectivity index (χ2n) is 5.16. The highest BCUT2D eigenvalue weighted by molar-refractivity contribution is 7.89. The number of nitrogen functional groups attached to an aromatic ring is 1. The van der Waals surface area contributed by atoms with Crippen LogP contribution in [0.2, 0.25) is 0 Å². The van der Waals surface area contributed by atoms with Crippen LogP contribution < -0.4 is 10.5 Å². The molecule has 6 nitrogen and oxygen atoms in total. The number of nitrogens with two attached hydrogens (primary N) is 1. The Morgan fingerprint density at radius 3 is 2.65 bits per heavy atom. The van der Waals surface area contributed by atoms with E-state index in [4.69, 9.17) is 5.73 Å². The summed E-state index contributed by atoms with van der Waals surface area (Å²) >= 11 is 0. The van der Waals surface area contributed by atoms with Crippen molar-refractivity contribution in [1.82, 2.24) is 14.6 Å². The monoisotopic (exact) mass is 298 g/mol. The maximum absolute atomic E-state index is 12.2. The van der Waals surface area contributed by atoms with Crippen molar-refractivity contribution in [2.24, 2.45) is 0 Å². The van der Waals surface area contributed by atoms with E-state index in [1.807, 2.05) is 0 Å². The van der Waals surface area contributed by atoms with Gasteiger partial charge in [-0.3, -0.25) is 0 Å². The van der Waals surface area contributed by atoms with Crippen LogP contribution in [0.1, 0.15) is 26.2 Å². The molecule has 2 rings (SSSR count). The van der Waals surface area contributed by atoms with E-state index in [1.165, 1.54) is 18.3 Å². The Morgan fingerprint density at radius 1 is 1.40 bits per heavy atom. The molecule has 112 valence electrons. The van der Waals surface area contributed by atoms with Gasteiger partial charge in [0.25, 0.3) is 0 Å². The van der Waals surface area contributed by atoms with Gasteiger partial charge in [-0.15, -0.1) is 0 Å². The SMILES string of the molecule is CCCN1CCC(NS(=O)(=O)c2ccc(N)nc2)CC1. The number of piperidine rings is 1. The molecule has 0 saturated carbocycles. The van der Waals surface area contributed by atoms with Crippen LogP contribution in [0.4, 0.5) is 5.82 Å². The fourth-order valence-corrected chi connectivity index (χ4v) is 3.68. The molecule has 0 atom stereocenters. The van der Waals surface area contributed by atoms with Crippen LogP contribution in [0.15, 0.2) is 23.2 Å². The van der Waals surface area contributed by atoms with E-state index in [-0.39, 0.29) is 10.9 Å². The normalized spacial score (nSPS) is 18.2. The molecule has 20 heavy (non-hydrogen) atoms. The Bertz CT molecular complexity index is 522.